The van der Waals surface area contributed by atoms with Crippen LogP contribution in [0.4, 0.5) is 4.39 Å². The van der Waals surface area contributed by atoms with Gasteiger partial charge >= 0.3 is 0 Å². The summed E-state index contributed by atoms with van der Waals surface area (Å²) < 4.78 is 14.0. The van der Waals surface area contributed by atoms with Crippen molar-refractivity contribution in [3.8, 4) is 0 Å². The number of halogens is 3. The fourth-order valence-electron chi connectivity index (χ4n) is 1.66. The summed E-state index contributed by atoms with van der Waals surface area (Å²) in [5.41, 5.74) is -0.675. The summed E-state index contributed by atoms with van der Waals surface area (Å²) in [7, 11) is 0. The Labute approximate surface area is 95.0 Å². The molecule has 1 aromatic rings. The number of hydrogen-bond donors (Lipinski definition) is 1. The van der Waals surface area contributed by atoms with Crippen LogP contribution in [0.15, 0.2) is 16.6 Å². The third kappa shape index (κ3) is 1.58. The van der Waals surface area contributed by atoms with E-state index in [0.717, 1.165) is 6.42 Å². The Morgan fingerprint density at radius 3 is 2.57 bits per heavy atom. The lowest BCUT2D eigenvalue weighted by atomic mass is 9.75. The highest BCUT2D eigenvalue weighted by molar-refractivity contribution is 9.10. The second-order valence-corrected chi connectivity index (χ2v) is 4.89. The Hall–Kier alpha value is -0.120. The minimum Gasteiger partial charge on any atom is -0.385 e. The molecule has 1 aliphatic rings. The van der Waals surface area contributed by atoms with Gasteiger partial charge < -0.3 is 5.11 Å². The first kappa shape index (κ1) is 10.4. The molecule has 0 radical (unpaired) electrons. The fraction of sp³-hybridized carbons (Fsp3) is 0.400. The molecular formula is C10H9BrClFO. The zero-order valence-corrected chi connectivity index (χ0v) is 9.70. The van der Waals surface area contributed by atoms with Crippen LogP contribution in [0.5, 0.6) is 0 Å². The Bertz CT molecular complexity index is 377. The van der Waals surface area contributed by atoms with E-state index in [-0.39, 0.29) is 0 Å². The molecule has 1 nitrogen and oxygen atoms in total. The van der Waals surface area contributed by atoms with Crippen LogP contribution in [0.25, 0.3) is 0 Å². The summed E-state index contributed by atoms with van der Waals surface area (Å²) in [4.78, 5) is 0. The van der Waals surface area contributed by atoms with Crippen molar-refractivity contribution in [3.05, 3.63) is 33.0 Å². The summed E-state index contributed by atoms with van der Waals surface area (Å²) in [5, 5.41) is 10.4. The van der Waals surface area contributed by atoms with Gasteiger partial charge in [-0.2, -0.15) is 0 Å². The molecule has 76 valence electrons. The van der Waals surface area contributed by atoms with E-state index < -0.39 is 11.4 Å². The average molecular weight is 280 g/mol. The SMILES string of the molecule is OC1(c2cc(Cl)c(Br)cc2F)CCC1. The lowest BCUT2D eigenvalue weighted by molar-refractivity contribution is -0.0416. The van der Waals surface area contributed by atoms with Crippen LogP contribution in [0.2, 0.25) is 5.02 Å². The molecule has 4 heteroatoms. The van der Waals surface area contributed by atoms with Crippen molar-refractivity contribution in [2.24, 2.45) is 0 Å². The molecule has 0 spiro atoms. The predicted molar refractivity (Wildman–Crippen MR) is 56.9 cm³/mol. The van der Waals surface area contributed by atoms with Gasteiger partial charge in [0, 0.05) is 10.0 Å². The number of hydrogen-bond acceptors (Lipinski definition) is 1. The van der Waals surface area contributed by atoms with Gasteiger partial charge in [-0.05, 0) is 47.3 Å². The highest BCUT2D eigenvalue weighted by atomic mass is 79.9. The largest absolute Gasteiger partial charge is 0.385 e. The van der Waals surface area contributed by atoms with E-state index in [1.54, 1.807) is 0 Å². The smallest absolute Gasteiger partial charge is 0.130 e. The van der Waals surface area contributed by atoms with E-state index in [0.29, 0.717) is 27.9 Å². The number of benzene rings is 1. The molecule has 0 aliphatic heterocycles. The van der Waals surface area contributed by atoms with Crippen LogP contribution in [-0.4, -0.2) is 5.11 Å². The van der Waals surface area contributed by atoms with Gasteiger partial charge in [-0.3, -0.25) is 0 Å². The number of aliphatic hydroxyl groups is 1. The van der Waals surface area contributed by atoms with Gasteiger partial charge in [0.1, 0.15) is 5.82 Å². The van der Waals surface area contributed by atoms with Crippen molar-refractivity contribution in [1.29, 1.82) is 0 Å². The molecule has 1 aliphatic carbocycles. The summed E-state index contributed by atoms with van der Waals surface area (Å²) in [6.07, 6.45) is 2.16. The van der Waals surface area contributed by atoms with Crippen molar-refractivity contribution >= 4 is 27.5 Å². The zero-order valence-electron chi connectivity index (χ0n) is 7.36. The Morgan fingerprint density at radius 2 is 2.07 bits per heavy atom. The molecule has 1 N–H and O–H groups in total. The lowest BCUT2D eigenvalue weighted by Gasteiger charge is -2.37. The first-order chi connectivity index (χ1) is 6.53. The van der Waals surface area contributed by atoms with E-state index in [1.807, 2.05) is 0 Å². The molecule has 0 aromatic heterocycles. The van der Waals surface area contributed by atoms with Crippen LogP contribution in [0.1, 0.15) is 24.8 Å². The average Bonchev–Trinajstić information content (AvgIpc) is 2.07. The van der Waals surface area contributed by atoms with Gasteiger partial charge in [0.25, 0.3) is 0 Å². The normalized spacial score (nSPS) is 19.1. The highest BCUT2D eigenvalue weighted by Crippen LogP contribution is 2.43. The lowest BCUT2D eigenvalue weighted by Crippen LogP contribution is -2.34. The summed E-state index contributed by atoms with van der Waals surface area (Å²) >= 11 is 8.98. The molecule has 0 unspecified atom stereocenters. The van der Waals surface area contributed by atoms with Crippen LogP contribution < -0.4 is 0 Å². The maximum absolute atomic E-state index is 13.5. The van der Waals surface area contributed by atoms with Gasteiger partial charge in [-0.15, -0.1) is 0 Å². The van der Waals surface area contributed by atoms with E-state index in [9.17, 15) is 9.50 Å². The van der Waals surface area contributed by atoms with Crippen molar-refractivity contribution in [1.82, 2.24) is 0 Å². The summed E-state index contributed by atoms with van der Waals surface area (Å²) in [6.45, 7) is 0. The molecule has 0 bridgehead atoms. The predicted octanol–water partition coefficient (Wildman–Crippen LogP) is 3.61. The topological polar surface area (TPSA) is 20.2 Å². The molecule has 0 heterocycles. The Balaban J connectivity index is 2.48. The molecule has 2 rings (SSSR count). The Morgan fingerprint density at radius 1 is 1.43 bits per heavy atom. The maximum Gasteiger partial charge on any atom is 0.130 e. The van der Waals surface area contributed by atoms with Crippen LogP contribution in [-0.2, 0) is 5.60 Å². The summed E-state index contributed by atoms with van der Waals surface area (Å²) in [6, 6.07) is 2.80. The Kier molecular flexibility index (Phi) is 2.58. The molecule has 0 atom stereocenters. The third-order valence-electron chi connectivity index (χ3n) is 2.69. The molecule has 0 amide bonds. The summed E-state index contributed by atoms with van der Waals surface area (Å²) in [5.74, 6) is -0.400. The minimum atomic E-state index is -0.992. The first-order valence-electron chi connectivity index (χ1n) is 4.40. The first-order valence-corrected chi connectivity index (χ1v) is 5.57. The quantitative estimate of drug-likeness (QED) is 0.779. The molecule has 1 saturated carbocycles. The van der Waals surface area contributed by atoms with E-state index in [2.05, 4.69) is 15.9 Å². The number of rotatable bonds is 1. The van der Waals surface area contributed by atoms with Crippen LogP contribution in [0.3, 0.4) is 0 Å². The molecule has 1 aromatic carbocycles. The molecule has 14 heavy (non-hydrogen) atoms. The van der Waals surface area contributed by atoms with Crippen molar-refractivity contribution < 1.29 is 9.50 Å². The van der Waals surface area contributed by atoms with E-state index >= 15 is 0 Å². The van der Waals surface area contributed by atoms with Crippen molar-refractivity contribution in [2.45, 2.75) is 24.9 Å². The van der Waals surface area contributed by atoms with Crippen molar-refractivity contribution in [3.63, 3.8) is 0 Å². The van der Waals surface area contributed by atoms with Crippen LogP contribution >= 0.6 is 27.5 Å². The van der Waals surface area contributed by atoms with Gasteiger partial charge in [-0.1, -0.05) is 11.6 Å². The second kappa shape index (κ2) is 3.47. The molecule has 1 fully saturated rings. The van der Waals surface area contributed by atoms with E-state index in [4.69, 9.17) is 11.6 Å². The highest BCUT2D eigenvalue weighted by Gasteiger charge is 2.38. The van der Waals surface area contributed by atoms with Gasteiger partial charge in [0.15, 0.2) is 0 Å². The fourth-order valence-corrected chi connectivity index (χ4v) is 2.14. The monoisotopic (exact) mass is 278 g/mol. The molecule has 0 saturated heterocycles. The van der Waals surface area contributed by atoms with Gasteiger partial charge in [-0.25, -0.2) is 4.39 Å². The van der Waals surface area contributed by atoms with Crippen LogP contribution in [0, 0.1) is 5.82 Å². The third-order valence-corrected chi connectivity index (χ3v) is 3.89. The second-order valence-electron chi connectivity index (χ2n) is 3.63. The van der Waals surface area contributed by atoms with Gasteiger partial charge in [0.05, 0.1) is 10.6 Å². The molecular weight excluding hydrogens is 270 g/mol. The maximum atomic E-state index is 13.5. The van der Waals surface area contributed by atoms with Gasteiger partial charge in [0.2, 0.25) is 0 Å². The zero-order chi connectivity index (χ0) is 10.3. The van der Waals surface area contributed by atoms with E-state index in [1.165, 1.54) is 12.1 Å². The minimum absolute atomic E-state index is 0.317. The van der Waals surface area contributed by atoms with Crippen molar-refractivity contribution in [2.75, 3.05) is 0 Å². The standard InChI is InChI=1S/C10H9BrClFO/c11-7-5-9(13)6(4-8(7)12)10(14)2-1-3-10/h4-5,14H,1-3H2.